The highest BCUT2D eigenvalue weighted by Crippen LogP contribution is 2.32. The molecule has 0 saturated carbocycles. The number of amides is 1. The number of rotatable bonds is 9. The standard InChI is InChI=1S/C21H28N4O3/c1-15-22-19-8-6-7-18(19)21(23-15)25(2)16-10-12-17(13-11-16)28-14-5-3-4-9-20(26)24-27/h10-13,27H,3-9,14H2,1-2H3,(H,24,26). The molecule has 1 aliphatic carbocycles. The number of benzene rings is 1. The van der Waals surface area contributed by atoms with Gasteiger partial charge in [0.05, 0.1) is 6.61 Å². The SMILES string of the molecule is Cc1nc2c(c(N(C)c3ccc(OCCCCCC(=O)NO)cc3)n1)CCC2. The molecule has 0 saturated heterocycles. The van der Waals surface area contributed by atoms with Crippen LogP contribution in [-0.2, 0) is 17.6 Å². The van der Waals surface area contributed by atoms with Crippen molar-refractivity contribution in [2.45, 2.75) is 51.9 Å². The van der Waals surface area contributed by atoms with Gasteiger partial charge >= 0.3 is 0 Å². The Hall–Kier alpha value is -2.67. The summed E-state index contributed by atoms with van der Waals surface area (Å²) in [6.45, 7) is 2.55. The van der Waals surface area contributed by atoms with E-state index in [0.29, 0.717) is 13.0 Å². The van der Waals surface area contributed by atoms with Gasteiger partial charge in [-0.15, -0.1) is 0 Å². The number of unbranched alkanes of at least 4 members (excludes halogenated alkanes) is 2. The van der Waals surface area contributed by atoms with Crippen LogP contribution in [0, 0.1) is 6.92 Å². The summed E-state index contributed by atoms with van der Waals surface area (Å²) >= 11 is 0. The molecule has 1 aromatic heterocycles. The van der Waals surface area contributed by atoms with Crippen molar-refractivity contribution in [1.82, 2.24) is 15.4 Å². The van der Waals surface area contributed by atoms with Gasteiger partial charge in [-0.25, -0.2) is 15.4 Å². The van der Waals surface area contributed by atoms with E-state index in [9.17, 15) is 4.79 Å². The highest BCUT2D eigenvalue weighted by Gasteiger charge is 2.21. The van der Waals surface area contributed by atoms with E-state index in [-0.39, 0.29) is 5.91 Å². The number of hydrogen-bond donors (Lipinski definition) is 2. The van der Waals surface area contributed by atoms with Crippen LogP contribution in [0.25, 0.3) is 0 Å². The number of ether oxygens (including phenoxy) is 1. The van der Waals surface area contributed by atoms with E-state index in [4.69, 9.17) is 9.94 Å². The number of carbonyl (C=O) groups excluding carboxylic acids is 1. The monoisotopic (exact) mass is 384 g/mol. The largest absolute Gasteiger partial charge is 0.494 e. The minimum atomic E-state index is -0.342. The average Bonchev–Trinajstić information content (AvgIpc) is 3.18. The summed E-state index contributed by atoms with van der Waals surface area (Å²) in [6.07, 6.45) is 6.05. The highest BCUT2D eigenvalue weighted by atomic mass is 16.5. The van der Waals surface area contributed by atoms with Crippen LogP contribution in [0.3, 0.4) is 0 Å². The van der Waals surface area contributed by atoms with Gasteiger partial charge in [0.25, 0.3) is 0 Å². The van der Waals surface area contributed by atoms with Crippen molar-refractivity contribution in [2.75, 3.05) is 18.6 Å². The molecule has 28 heavy (non-hydrogen) atoms. The quantitative estimate of drug-likeness (QED) is 0.391. The zero-order chi connectivity index (χ0) is 19.9. The number of nitrogens with zero attached hydrogens (tertiary/aromatic N) is 3. The highest BCUT2D eigenvalue weighted by molar-refractivity contribution is 5.74. The van der Waals surface area contributed by atoms with Crippen LogP contribution in [0.4, 0.5) is 11.5 Å². The van der Waals surface area contributed by atoms with Gasteiger partial charge in [-0.05, 0) is 69.7 Å². The molecule has 0 aliphatic heterocycles. The first kappa shape index (κ1) is 20.1. The molecule has 150 valence electrons. The van der Waals surface area contributed by atoms with E-state index in [1.165, 1.54) is 11.3 Å². The number of hydroxylamine groups is 1. The van der Waals surface area contributed by atoms with Crippen molar-refractivity contribution < 1.29 is 14.7 Å². The molecule has 2 aromatic rings. The first-order valence-electron chi connectivity index (χ1n) is 9.84. The van der Waals surface area contributed by atoms with E-state index >= 15 is 0 Å². The Kier molecular flexibility index (Phi) is 6.81. The number of nitrogens with one attached hydrogen (secondary N) is 1. The first-order valence-corrected chi connectivity index (χ1v) is 9.84. The summed E-state index contributed by atoms with van der Waals surface area (Å²) in [7, 11) is 2.04. The Morgan fingerprint density at radius 3 is 2.71 bits per heavy atom. The fourth-order valence-corrected chi connectivity index (χ4v) is 3.51. The predicted molar refractivity (Wildman–Crippen MR) is 107 cm³/mol. The number of carbonyl (C=O) groups is 1. The topological polar surface area (TPSA) is 87.6 Å². The van der Waals surface area contributed by atoms with Gasteiger partial charge in [0.1, 0.15) is 17.4 Å². The van der Waals surface area contributed by atoms with Crippen LogP contribution in [0.15, 0.2) is 24.3 Å². The third kappa shape index (κ3) is 4.98. The Bertz CT molecular complexity index is 808. The van der Waals surface area contributed by atoms with Crippen LogP contribution in [0.1, 0.15) is 49.2 Å². The second-order valence-electron chi connectivity index (χ2n) is 7.12. The average molecular weight is 384 g/mol. The summed E-state index contributed by atoms with van der Waals surface area (Å²) < 4.78 is 5.78. The van der Waals surface area contributed by atoms with E-state index in [1.807, 2.05) is 38.2 Å². The van der Waals surface area contributed by atoms with Crippen molar-refractivity contribution >= 4 is 17.4 Å². The molecule has 3 rings (SSSR count). The number of fused-ring (bicyclic) bond motifs is 1. The van der Waals surface area contributed by atoms with Crippen molar-refractivity contribution in [3.8, 4) is 5.75 Å². The van der Waals surface area contributed by atoms with Crippen molar-refractivity contribution in [1.29, 1.82) is 0 Å². The minimum absolute atomic E-state index is 0.337. The summed E-state index contributed by atoms with van der Waals surface area (Å²) in [6, 6.07) is 8.03. The minimum Gasteiger partial charge on any atom is -0.494 e. The van der Waals surface area contributed by atoms with Gasteiger partial charge in [0.15, 0.2) is 0 Å². The zero-order valence-electron chi connectivity index (χ0n) is 16.6. The summed E-state index contributed by atoms with van der Waals surface area (Å²) in [5.41, 5.74) is 5.16. The fraction of sp³-hybridized carbons (Fsp3) is 0.476. The van der Waals surface area contributed by atoms with Crippen molar-refractivity contribution in [3.63, 3.8) is 0 Å². The molecule has 0 radical (unpaired) electrons. The molecular weight excluding hydrogens is 356 g/mol. The third-order valence-corrected chi connectivity index (χ3v) is 5.01. The first-order chi connectivity index (χ1) is 13.6. The maximum Gasteiger partial charge on any atom is 0.243 e. The van der Waals surface area contributed by atoms with Gasteiger partial charge < -0.3 is 9.64 Å². The van der Waals surface area contributed by atoms with Gasteiger partial charge in [-0.1, -0.05) is 0 Å². The molecule has 0 bridgehead atoms. The smallest absolute Gasteiger partial charge is 0.243 e. The molecule has 1 aromatic carbocycles. The molecule has 7 nitrogen and oxygen atoms in total. The van der Waals surface area contributed by atoms with Crippen LogP contribution >= 0.6 is 0 Å². The lowest BCUT2D eigenvalue weighted by Crippen LogP contribution is -2.17. The van der Waals surface area contributed by atoms with Crippen LogP contribution in [-0.4, -0.2) is 34.7 Å². The lowest BCUT2D eigenvalue weighted by atomic mass is 10.2. The molecule has 2 N–H and O–H groups in total. The number of aromatic nitrogens is 2. The van der Waals surface area contributed by atoms with Gasteiger partial charge in [0, 0.05) is 30.4 Å². The number of aryl methyl sites for hydroxylation is 2. The molecule has 1 amide bonds. The Balaban J connectivity index is 1.53. The van der Waals surface area contributed by atoms with Gasteiger partial charge in [-0.3, -0.25) is 10.0 Å². The van der Waals surface area contributed by atoms with E-state index in [1.54, 1.807) is 5.48 Å². The van der Waals surface area contributed by atoms with E-state index in [0.717, 1.165) is 61.6 Å². The van der Waals surface area contributed by atoms with E-state index in [2.05, 4.69) is 14.9 Å². The Morgan fingerprint density at radius 2 is 1.96 bits per heavy atom. The third-order valence-electron chi connectivity index (χ3n) is 5.01. The van der Waals surface area contributed by atoms with Crippen LogP contribution < -0.4 is 15.1 Å². The normalized spacial score (nSPS) is 12.5. The van der Waals surface area contributed by atoms with Crippen LogP contribution in [0.5, 0.6) is 5.75 Å². The lowest BCUT2D eigenvalue weighted by molar-refractivity contribution is -0.129. The maximum atomic E-state index is 10.9. The molecule has 1 aliphatic rings. The van der Waals surface area contributed by atoms with Crippen molar-refractivity contribution in [2.24, 2.45) is 0 Å². The molecule has 1 heterocycles. The number of hydrogen-bond acceptors (Lipinski definition) is 6. The zero-order valence-corrected chi connectivity index (χ0v) is 16.6. The second kappa shape index (κ2) is 9.50. The van der Waals surface area contributed by atoms with Crippen LogP contribution in [0.2, 0.25) is 0 Å². The summed E-state index contributed by atoms with van der Waals surface area (Å²) in [4.78, 5) is 22.3. The van der Waals surface area contributed by atoms with E-state index < -0.39 is 0 Å². The number of anilines is 2. The van der Waals surface area contributed by atoms with Gasteiger partial charge in [-0.2, -0.15) is 0 Å². The Morgan fingerprint density at radius 1 is 1.18 bits per heavy atom. The fourth-order valence-electron chi connectivity index (χ4n) is 3.51. The lowest BCUT2D eigenvalue weighted by Gasteiger charge is -2.21. The molecule has 7 heteroatoms. The Labute approximate surface area is 165 Å². The molecule has 0 fully saturated rings. The molecule has 0 unspecified atom stereocenters. The molecular formula is C21H28N4O3. The van der Waals surface area contributed by atoms with Crippen molar-refractivity contribution in [3.05, 3.63) is 41.3 Å². The summed E-state index contributed by atoms with van der Waals surface area (Å²) in [5.74, 6) is 2.30. The van der Waals surface area contributed by atoms with Gasteiger partial charge in [0.2, 0.25) is 5.91 Å². The molecule has 0 atom stereocenters. The summed E-state index contributed by atoms with van der Waals surface area (Å²) in [5, 5.41) is 8.44. The predicted octanol–water partition coefficient (Wildman–Crippen LogP) is 3.49. The molecule has 0 spiro atoms. The maximum absolute atomic E-state index is 10.9. The second-order valence-corrected chi connectivity index (χ2v) is 7.12.